The number of rotatable bonds is 4. The topological polar surface area (TPSA) is 59.2 Å². The zero-order chi connectivity index (χ0) is 18.1. The third-order valence-electron chi connectivity index (χ3n) is 5.81. The smallest absolute Gasteiger partial charge is 0.355 e. The molecule has 138 valence electrons. The number of nitrogens with one attached hydrogen (secondary N) is 1. The van der Waals surface area contributed by atoms with Crippen LogP contribution in [0.25, 0.3) is 0 Å². The van der Waals surface area contributed by atoms with Crippen molar-refractivity contribution in [3.8, 4) is 0 Å². The van der Waals surface area contributed by atoms with Gasteiger partial charge >= 0.3 is 5.97 Å². The van der Waals surface area contributed by atoms with Crippen molar-refractivity contribution < 1.29 is 14.3 Å². The fourth-order valence-electron chi connectivity index (χ4n) is 4.38. The van der Waals surface area contributed by atoms with Crippen molar-refractivity contribution >= 4 is 23.1 Å². The van der Waals surface area contributed by atoms with Gasteiger partial charge in [0, 0.05) is 28.5 Å². The molecule has 1 fully saturated rings. The summed E-state index contributed by atoms with van der Waals surface area (Å²) in [6.45, 7) is 2.35. The predicted octanol–water partition coefficient (Wildman–Crippen LogP) is 5.03. The summed E-state index contributed by atoms with van der Waals surface area (Å²) in [6.07, 6.45) is 7.35. The Morgan fingerprint density at radius 2 is 2.08 bits per heavy atom. The minimum Gasteiger partial charge on any atom is -0.461 e. The molecule has 26 heavy (non-hydrogen) atoms. The van der Waals surface area contributed by atoms with E-state index in [1.54, 1.807) is 11.3 Å². The second-order valence-corrected chi connectivity index (χ2v) is 8.60. The second-order valence-electron chi connectivity index (χ2n) is 7.62. The van der Waals surface area contributed by atoms with Gasteiger partial charge in [-0.3, -0.25) is 4.79 Å². The van der Waals surface area contributed by atoms with Gasteiger partial charge < -0.3 is 9.72 Å². The number of Topliss-reactive ketones (excluding diaryl/α,β-unsaturated/α-hetero) is 1. The van der Waals surface area contributed by atoms with E-state index in [-0.39, 0.29) is 17.7 Å². The highest BCUT2D eigenvalue weighted by molar-refractivity contribution is 7.10. The minimum absolute atomic E-state index is 0.129. The fourth-order valence-corrected chi connectivity index (χ4v) is 5.21. The number of esters is 1. The van der Waals surface area contributed by atoms with Crippen LogP contribution in [0.2, 0.25) is 0 Å². The Kier molecular flexibility index (Phi) is 4.98. The molecule has 0 spiro atoms. The summed E-state index contributed by atoms with van der Waals surface area (Å²) in [5.74, 6) is 0.509. The van der Waals surface area contributed by atoms with E-state index in [1.165, 1.54) is 24.1 Å². The van der Waals surface area contributed by atoms with Crippen LogP contribution in [0.5, 0.6) is 0 Å². The average molecular weight is 372 g/mol. The molecule has 1 saturated carbocycles. The van der Waals surface area contributed by atoms with Gasteiger partial charge in [0.25, 0.3) is 0 Å². The molecule has 0 bridgehead atoms. The molecule has 1 N–H and O–H groups in total. The van der Waals surface area contributed by atoms with Gasteiger partial charge in [-0.1, -0.05) is 25.3 Å². The van der Waals surface area contributed by atoms with E-state index in [9.17, 15) is 9.59 Å². The van der Waals surface area contributed by atoms with Crippen LogP contribution in [0, 0.1) is 12.8 Å². The summed E-state index contributed by atoms with van der Waals surface area (Å²) in [5, 5.41) is 2.04. The number of carbonyl (C=O) groups is 2. The molecule has 2 aromatic heterocycles. The molecule has 0 radical (unpaired) electrons. The van der Waals surface area contributed by atoms with Crippen LogP contribution in [-0.4, -0.2) is 23.3 Å². The van der Waals surface area contributed by atoms with Crippen LogP contribution in [-0.2, 0) is 11.2 Å². The molecule has 0 saturated heterocycles. The van der Waals surface area contributed by atoms with Gasteiger partial charge in [-0.05, 0) is 49.1 Å². The highest BCUT2D eigenvalue weighted by Gasteiger charge is 2.32. The van der Waals surface area contributed by atoms with E-state index in [1.807, 2.05) is 18.4 Å². The highest BCUT2D eigenvalue weighted by atomic mass is 32.1. The first-order valence-electron chi connectivity index (χ1n) is 9.58. The Labute approximate surface area is 158 Å². The van der Waals surface area contributed by atoms with Crippen LogP contribution in [0.15, 0.2) is 17.5 Å². The number of thiophene rings is 1. The lowest BCUT2D eigenvalue weighted by Crippen LogP contribution is -2.18. The van der Waals surface area contributed by atoms with Crippen molar-refractivity contribution in [3.05, 3.63) is 44.9 Å². The molecule has 0 aliphatic heterocycles. The van der Waals surface area contributed by atoms with Crippen LogP contribution in [0.4, 0.5) is 0 Å². The van der Waals surface area contributed by atoms with Crippen LogP contribution >= 0.6 is 11.3 Å². The summed E-state index contributed by atoms with van der Waals surface area (Å²) in [6, 6.07) is 4.11. The summed E-state index contributed by atoms with van der Waals surface area (Å²) in [7, 11) is 0. The molecular weight excluding hydrogens is 346 g/mol. The second kappa shape index (κ2) is 7.39. The number of ketones is 1. The predicted molar refractivity (Wildman–Crippen MR) is 102 cm³/mol. The van der Waals surface area contributed by atoms with Crippen molar-refractivity contribution in [3.63, 3.8) is 0 Å². The molecule has 2 aliphatic rings. The van der Waals surface area contributed by atoms with E-state index in [4.69, 9.17) is 4.74 Å². The fraction of sp³-hybridized carbons (Fsp3) is 0.524. The third kappa shape index (κ3) is 3.37. The number of aromatic nitrogens is 1. The van der Waals surface area contributed by atoms with Gasteiger partial charge in [-0.2, -0.15) is 0 Å². The van der Waals surface area contributed by atoms with Gasteiger partial charge in [0.1, 0.15) is 5.69 Å². The molecule has 5 heteroatoms. The van der Waals surface area contributed by atoms with Crippen molar-refractivity contribution in [2.45, 2.75) is 57.8 Å². The summed E-state index contributed by atoms with van der Waals surface area (Å²) in [4.78, 5) is 29.7. The minimum atomic E-state index is -0.317. The molecule has 1 unspecified atom stereocenters. The van der Waals surface area contributed by atoms with E-state index in [2.05, 4.69) is 11.1 Å². The van der Waals surface area contributed by atoms with Gasteiger partial charge in [-0.15, -0.1) is 11.3 Å². The quantitative estimate of drug-likeness (QED) is 0.767. The molecule has 0 aromatic carbocycles. The Balaban J connectivity index is 1.49. The first kappa shape index (κ1) is 17.5. The molecule has 0 amide bonds. The molecule has 1 atom stereocenters. The maximum atomic E-state index is 12.7. The molecule has 4 rings (SSSR count). The Morgan fingerprint density at radius 1 is 1.27 bits per heavy atom. The SMILES string of the molecule is Cc1c(C(=O)OCC2CCCCC2)[nH]c2c1C(=O)CC(c1cccs1)C2. The number of ether oxygens (including phenoxy) is 1. The lowest BCUT2D eigenvalue weighted by molar-refractivity contribution is 0.0403. The summed E-state index contributed by atoms with van der Waals surface area (Å²) in [5.41, 5.74) is 2.82. The van der Waals surface area contributed by atoms with E-state index >= 15 is 0 Å². The number of fused-ring (bicyclic) bond motifs is 1. The summed E-state index contributed by atoms with van der Waals surface area (Å²) < 4.78 is 5.58. The highest BCUT2D eigenvalue weighted by Crippen LogP contribution is 2.36. The number of aromatic amines is 1. The van der Waals surface area contributed by atoms with E-state index < -0.39 is 0 Å². The average Bonchev–Trinajstić information content (AvgIpc) is 3.29. The molecule has 2 aromatic rings. The van der Waals surface area contributed by atoms with Gasteiger partial charge in [0.2, 0.25) is 0 Å². The standard InChI is InChI=1S/C21H25NO3S/c1-13-19-16(10-15(11-17(19)23)18-8-5-9-26-18)22-20(13)21(24)25-12-14-6-3-2-4-7-14/h5,8-9,14-15,22H,2-4,6-7,10-12H2,1H3. The molecular formula is C21H25NO3S. The zero-order valence-electron chi connectivity index (χ0n) is 15.2. The monoisotopic (exact) mass is 371 g/mol. The summed E-state index contributed by atoms with van der Waals surface area (Å²) >= 11 is 1.69. The van der Waals surface area contributed by atoms with Crippen LogP contribution in [0.3, 0.4) is 0 Å². The van der Waals surface area contributed by atoms with Crippen molar-refractivity contribution in [2.24, 2.45) is 5.92 Å². The van der Waals surface area contributed by atoms with Crippen molar-refractivity contribution in [1.29, 1.82) is 0 Å². The Morgan fingerprint density at radius 3 is 2.81 bits per heavy atom. The largest absolute Gasteiger partial charge is 0.461 e. The van der Waals surface area contributed by atoms with E-state index in [0.29, 0.717) is 30.2 Å². The number of hydrogen-bond acceptors (Lipinski definition) is 4. The molecule has 2 aliphatic carbocycles. The van der Waals surface area contributed by atoms with Gasteiger partial charge in [-0.25, -0.2) is 4.79 Å². The first-order valence-corrected chi connectivity index (χ1v) is 10.5. The molecule has 2 heterocycles. The van der Waals surface area contributed by atoms with E-state index in [0.717, 1.165) is 30.5 Å². The lowest BCUT2D eigenvalue weighted by Gasteiger charge is -2.20. The van der Waals surface area contributed by atoms with Gasteiger partial charge in [0.05, 0.1) is 6.61 Å². The lowest BCUT2D eigenvalue weighted by atomic mass is 9.84. The molecule has 4 nitrogen and oxygen atoms in total. The van der Waals surface area contributed by atoms with Crippen LogP contribution in [0.1, 0.15) is 81.4 Å². The van der Waals surface area contributed by atoms with Crippen molar-refractivity contribution in [2.75, 3.05) is 6.61 Å². The maximum absolute atomic E-state index is 12.7. The normalized spacial score (nSPS) is 20.8. The number of carbonyl (C=O) groups excluding carboxylic acids is 2. The maximum Gasteiger partial charge on any atom is 0.355 e. The number of H-pyrrole nitrogens is 1. The Bertz CT molecular complexity index is 800. The first-order chi connectivity index (χ1) is 12.6. The van der Waals surface area contributed by atoms with Gasteiger partial charge in [0.15, 0.2) is 5.78 Å². The van der Waals surface area contributed by atoms with Crippen molar-refractivity contribution in [1.82, 2.24) is 4.98 Å². The Hall–Kier alpha value is -1.88. The number of hydrogen-bond donors (Lipinski definition) is 1. The zero-order valence-corrected chi connectivity index (χ0v) is 16.0. The van der Waals surface area contributed by atoms with Crippen LogP contribution < -0.4 is 0 Å². The third-order valence-corrected chi connectivity index (χ3v) is 6.85.